The Balaban J connectivity index is 2.18. The van der Waals surface area contributed by atoms with Crippen LogP contribution < -0.4 is 14.8 Å². The van der Waals surface area contributed by atoms with Crippen LogP contribution in [0.5, 0.6) is 17.2 Å². The Hall–Kier alpha value is -2.69. The molecule has 2 aromatic carbocycles. The molecular formula is C19H23NO4. The zero-order chi connectivity index (χ0) is 17.4. The first kappa shape index (κ1) is 17.7. The normalized spacial score (nSPS) is 10.2. The average molecular weight is 329 g/mol. The van der Waals surface area contributed by atoms with E-state index in [4.69, 9.17) is 9.47 Å². The zero-order valence-corrected chi connectivity index (χ0v) is 14.0. The number of benzene rings is 2. The van der Waals surface area contributed by atoms with E-state index in [0.29, 0.717) is 36.8 Å². The first-order valence-corrected chi connectivity index (χ1v) is 8.12. The minimum atomic E-state index is -0.280. The van der Waals surface area contributed by atoms with Crippen molar-refractivity contribution < 1.29 is 19.4 Å². The van der Waals surface area contributed by atoms with Crippen molar-refractivity contribution in [3.8, 4) is 17.2 Å². The second kappa shape index (κ2) is 8.82. The van der Waals surface area contributed by atoms with Gasteiger partial charge in [0.15, 0.2) is 11.5 Å². The van der Waals surface area contributed by atoms with E-state index in [1.165, 1.54) is 0 Å². The highest BCUT2D eigenvalue weighted by atomic mass is 16.6. The Morgan fingerprint density at radius 3 is 2.54 bits per heavy atom. The molecule has 0 bridgehead atoms. The fourth-order valence-electron chi connectivity index (χ4n) is 2.21. The summed E-state index contributed by atoms with van der Waals surface area (Å²) < 4.78 is 11.1. The summed E-state index contributed by atoms with van der Waals surface area (Å²) in [4.78, 5) is 11.9. The highest BCUT2D eigenvalue weighted by Crippen LogP contribution is 2.36. The van der Waals surface area contributed by atoms with Gasteiger partial charge < -0.3 is 19.9 Å². The van der Waals surface area contributed by atoms with Crippen LogP contribution in [0.1, 0.15) is 32.3 Å². The lowest BCUT2D eigenvalue weighted by Gasteiger charge is -2.16. The number of hydrogen-bond donors (Lipinski definition) is 2. The maximum absolute atomic E-state index is 11.9. The van der Waals surface area contributed by atoms with Gasteiger partial charge in [0.1, 0.15) is 5.75 Å². The van der Waals surface area contributed by atoms with E-state index in [-0.39, 0.29) is 11.7 Å². The Bertz CT molecular complexity index is 668. The molecule has 0 saturated heterocycles. The molecule has 5 heteroatoms. The van der Waals surface area contributed by atoms with E-state index in [9.17, 15) is 9.90 Å². The molecule has 5 nitrogen and oxygen atoms in total. The minimum Gasteiger partial charge on any atom is -0.508 e. The Morgan fingerprint density at radius 1 is 1.12 bits per heavy atom. The number of rotatable bonds is 8. The third-order valence-electron chi connectivity index (χ3n) is 3.37. The van der Waals surface area contributed by atoms with Gasteiger partial charge in [0.05, 0.1) is 12.3 Å². The van der Waals surface area contributed by atoms with Crippen molar-refractivity contribution in [2.75, 3.05) is 11.9 Å². The molecule has 128 valence electrons. The number of esters is 1. The highest BCUT2D eigenvalue weighted by molar-refractivity contribution is 5.77. The molecule has 0 aromatic heterocycles. The molecule has 2 aromatic rings. The first-order chi connectivity index (χ1) is 11.6. The number of aromatic hydroxyl groups is 1. The van der Waals surface area contributed by atoms with Gasteiger partial charge in [0, 0.05) is 13.0 Å². The molecule has 0 spiro atoms. The number of nitrogens with one attached hydrogen (secondary N) is 1. The van der Waals surface area contributed by atoms with Crippen LogP contribution in [0.15, 0.2) is 42.5 Å². The Morgan fingerprint density at radius 2 is 1.88 bits per heavy atom. The van der Waals surface area contributed by atoms with E-state index in [1.807, 2.05) is 38.1 Å². The lowest BCUT2D eigenvalue weighted by molar-refractivity contribution is -0.134. The fraction of sp³-hybridized carbons (Fsp3) is 0.316. The molecule has 0 fully saturated rings. The van der Waals surface area contributed by atoms with Gasteiger partial charge in [-0.05, 0) is 43.2 Å². The van der Waals surface area contributed by atoms with E-state index < -0.39 is 0 Å². The summed E-state index contributed by atoms with van der Waals surface area (Å²) in [5, 5.41) is 12.6. The van der Waals surface area contributed by atoms with Gasteiger partial charge in [-0.1, -0.05) is 25.1 Å². The summed E-state index contributed by atoms with van der Waals surface area (Å²) in [6.45, 7) is 4.84. The molecule has 2 N–H and O–H groups in total. The van der Waals surface area contributed by atoms with E-state index in [2.05, 4.69) is 5.32 Å². The van der Waals surface area contributed by atoms with Gasteiger partial charge in [0.25, 0.3) is 0 Å². The molecule has 0 unspecified atom stereocenters. The van der Waals surface area contributed by atoms with Crippen molar-refractivity contribution >= 4 is 11.7 Å². The molecule has 0 aliphatic rings. The summed E-state index contributed by atoms with van der Waals surface area (Å²) in [5.74, 6) is 0.901. The van der Waals surface area contributed by atoms with Gasteiger partial charge in [-0.25, -0.2) is 0 Å². The maximum atomic E-state index is 11.9. The number of ether oxygens (including phenoxy) is 2. The third kappa shape index (κ3) is 4.91. The molecule has 0 radical (unpaired) electrons. The second-order valence-corrected chi connectivity index (χ2v) is 5.31. The molecular weight excluding hydrogens is 306 g/mol. The number of hydrogen-bond acceptors (Lipinski definition) is 5. The van der Waals surface area contributed by atoms with Crippen LogP contribution in [0.25, 0.3) is 0 Å². The van der Waals surface area contributed by atoms with Crippen LogP contribution in [-0.4, -0.2) is 17.7 Å². The topological polar surface area (TPSA) is 67.8 Å². The van der Waals surface area contributed by atoms with E-state index >= 15 is 0 Å². The highest BCUT2D eigenvalue weighted by Gasteiger charge is 2.15. The van der Waals surface area contributed by atoms with Gasteiger partial charge in [-0.2, -0.15) is 0 Å². The predicted molar refractivity (Wildman–Crippen MR) is 93.6 cm³/mol. The van der Waals surface area contributed by atoms with Crippen LogP contribution in [0.3, 0.4) is 0 Å². The van der Waals surface area contributed by atoms with Crippen LogP contribution in [0, 0.1) is 0 Å². The SMILES string of the molecule is CCCC(=O)Oc1c(NCc2ccc(O)cc2)cccc1OCC. The zero-order valence-electron chi connectivity index (χ0n) is 14.0. The average Bonchev–Trinajstić information content (AvgIpc) is 2.57. The van der Waals surface area contributed by atoms with E-state index in [1.54, 1.807) is 18.2 Å². The second-order valence-electron chi connectivity index (χ2n) is 5.31. The van der Waals surface area contributed by atoms with Gasteiger partial charge in [0.2, 0.25) is 0 Å². The predicted octanol–water partition coefficient (Wildman–Crippen LogP) is 4.11. The van der Waals surface area contributed by atoms with Crippen molar-refractivity contribution in [2.45, 2.75) is 33.2 Å². The maximum Gasteiger partial charge on any atom is 0.311 e. The standard InChI is InChI=1S/C19H23NO4/c1-3-6-18(22)24-19-16(7-5-8-17(19)23-4-2)20-13-14-9-11-15(21)12-10-14/h5,7-12,20-21H,3-4,6,13H2,1-2H3. The molecule has 0 amide bonds. The van der Waals surface area contributed by atoms with Crippen molar-refractivity contribution in [1.29, 1.82) is 0 Å². The smallest absolute Gasteiger partial charge is 0.311 e. The molecule has 2 rings (SSSR count). The van der Waals surface area contributed by atoms with Crippen molar-refractivity contribution in [3.05, 3.63) is 48.0 Å². The summed E-state index contributed by atoms with van der Waals surface area (Å²) in [5.41, 5.74) is 1.69. The summed E-state index contributed by atoms with van der Waals surface area (Å²) in [7, 11) is 0. The largest absolute Gasteiger partial charge is 0.508 e. The number of anilines is 1. The number of phenolic OH excluding ortho intramolecular Hbond substituents is 1. The quantitative estimate of drug-likeness (QED) is 0.563. The summed E-state index contributed by atoms with van der Waals surface area (Å²) >= 11 is 0. The molecule has 24 heavy (non-hydrogen) atoms. The van der Waals surface area contributed by atoms with Gasteiger partial charge in [-0.3, -0.25) is 4.79 Å². The summed E-state index contributed by atoms with van der Waals surface area (Å²) in [6.07, 6.45) is 1.09. The first-order valence-electron chi connectivity index (χ1n) is 8.12. The van der Waals surface area contributed by atoms with Crippen molar-refractivity contribution in [2.24, 2.45) is 0 Å². The van der Waals surface area contributed by atoms with Crippen LogP contribution in [-0.2, 0) is 11.3 Å². The molecule has 0 atom stereocenters. The molecule has 0 heterocycles. The number of para-hydroxylation sites is 1. The van der Waals surface area contributed by atoms with Crippen molar-refractivity contribution in [3.63, 3.8) is 0 Å². The fourth-order valence-corrected chi connectivity index (χ4v) is 2.21. The molecule has 0 aliphatic carbocycles. The van der Waals surface area contributed by atoms with Crippen LogP contribution in [0.4, 0.5) is 5.69 Å². The Kier molecular flexibility index (Phi) is 6.49. The third-order valence-corrected chi connectivity index (χ3v) is 3.37. The minimum absolute atomic E-state index is 0.228. The van der Waals surface area contributed by atoms with Crippen molar-refractivity contribution in [1.82, 2.24) is 0 Å². The molecule has 0 saturated carbocycles. The lowest BCUT2D eigenvalue weighted by Crippen LogP contribution is -2.11. The van der Waals surface area contributed by atoms with Crippen LogP contribution >= 0.6 is 0 Å². The Labute approximate surface area is 142 Å². The van der Waals surface area contributed by atoms with Gasteiger partial charge >= 0.3 is 5.97 Å². The summed E-state index contributed by atoms with van der Waals surface area (Å²) in [6, 6.07) is 12.4. The lowest BCUT2D eigenvalue weighted by atomic mass is 10.2. The van der Waals surface area contributed by atoms with Crippen LogP contribution in [0.2, 0.25) is 0 Å². The van der Waals surface area contributed by atoms with Gasteiger partial charge in [-0.15, -0.1) is 0 Å². The monoisotopic (exact) mass is 329 g/mol. The number of phenols is 1. The van der Waals surface area contributed by atoms with E-state index in [0.717, 1.165) is 12.0 Å². The number of carbonyl (C=O) groups excluding carboxylic acids is 1. The molecule has 0 aliphatic heterocycles. The number of carbonyl (C=O) groups is 1.